The molecule has 0 aromatic heterocycles. The maximum Gasteiger partial charge on any atom is 0.0587 e. The molecule has 2 heteroatoms. The first-order chi connectivity index (χ1) is 5.79. The molecule has 0 aromatic rings. The molecular weight excluding hydrogens is 150 g/mol. The van der Waals surface area contributed by atoms with Crippen LogP contribution in [-0.2, 0) is 4.74 Å². The van der Waals surface area contributed by atoms with Crippen molar-refractivity contribution in [1.82, 2.24) is 5.32 Å². The normalized spacial score (nSPS) is 25.8. The number of ether oxygens (including phenoxy) is 1. The van der Waals surface area contributed by atoms with Crippen LogP contribution in [0, 0.1) is 5.92 Å². The first-order valence-electron chi connectivity index (χ1n) is 5.11. The van der Waals surface area contributed by atoms with E-state index in [0.717, 1.165) is 13.2 Å². The molecule has 1 N–H and O–H groups in total. The maximum atomic E-state index is 5.78. The second-order valence-corrected chi connectivity index (χ2v) is 4.03. The molecule has 0 aromatic carbocycles. The lowest BCUT2D eigenvalue weighted by atomic mass is 10.1. The van der Waals surface area contributed by atoms with Crippen LogP contribution in [0.4, 0.5) is 0 Å². The highest BCUT2D eigenvalue weighted by Crippen LogP contribution is 2.10. The Morgan fingerprint density at radius 1 is 1.33 bits per heavy atom. The highest BCUT2D eigenvalue weighted by molar-refractivity contribution is 4.66. The number of hydrogen-bond acceptors (Lipinski definition) is 2. The molecule has 1 unspecified atom stereocenters. The molecule has 0 spiro atoms. The molecule has 0 aliphatic carbocycles. The van der Waals surface area contributed by atoms with Crippen molar-refractivity contribution in [3.63, 3.8) is 0 Å². The van der Waals surface area contributed by atoms with Gasteiger partial charge in [0.1, 0.15) is 0 Å². The van der Waals surface area contributed by atoms with Gasteiger partial charge < -0.3 is 10.1 Å². The third-order valence-electron chi connectivity index (χ3n) is 2.19. The Morgan fingerprint density at radius 2 is 2.17 bits per heavy atom. The van der Waals surface area contributed by atoms with Crippen molar-refractivity contribution in [1.29, 1.82) is 0 Å². The van der Waals surface area contributed by atoms with E-state index in [-0.39, 0.29) is 0 Å². The largest absolute Gasteiger partial charge is 0.378 e. The van der Waals surface area contributed by atoms with Crippen molar-refractivity contribution in [2.75, 3.05) is 19.7 Å². The molecule has 1 rings (SSSR count). The lowest BCUT2D eigenvalue weighted by molar-refractivity contribution is 0.0289. The Morgan fingerprint density at radius 3 is 2.92 bits per heavy atom. The van der Waals surface area contributed by atoms with Crippen molar-refractivity contribution in [2.45, 2.75) is 39.2 Å². The van der Waals surface area contributed by atoms with E-state index in [4.69, 9.17) is 4.74 Å². The van der Waals surface area contributed by atoms with Gasteiger partial charge >= 0.3 is 0 Å². The fraction of sp³-hybridized carbons (Fsp3) is 1.00. The Balaban J connectivity index is 2.12. The SMILES string of the molecule is CC(C)COC1CCCNCC1. The van der Waals surface area contributed by atoms with Gasteiger partial charge in [-0.1, -0.05) is 13.8 Å². The molecule has 0 amide bonds. The fourth-order valence-electron chi connectivity index (χ4n) is 1.48. The van der Waals surface area contributed by atoms with Crippen molar-refractivity contribution < 1.29 is 4.74 Å². The van der Waals surface area contributed by atoms with Crippen LogP contribution in [0.25, 0.3) is 0 Å². The molecule has 1 heterocycles. The minimum Gasteiger partial charge on any atom is -0.378 e. The third-order valence-corrected chi connectivity index (χ3v) is 2.19. The molecule has 0 bridgehead atoms. The molecule has 12 heavy (non-hydrogen) atoms. The Kier molecular flexibility index (Phi) is 4.62. The van der Waals surface area contributed by atoms with Gasteiger partial charge in [-0.25, -0.2) is 0 Å². The molecule has 0 radical (unpaired) electrons. The summed E-state index contributed by atoms with van der Waals surface area (Å²) in [6, 6.07) is 0. The van der Waals surface area contributed by atoms with Crippen LogP contribution in [-0.4, -0.2) is 25.8 Å². The summed E-state index contributed by atoms with van der Waals surface area (Å²) in [5, 5.41) is 3.38. The van der Waals surface area contributed by atoms with E-state index >= 15 is 0 Å². The highest BCUT2D eigenvalue weighted by Gasteiger charge is 2.11. The van der Waals surface area contributed by atoms with Gasteiger partial charge in [0.05, 0.1) is 6.10 Å². The highest BCUT2D eigenvalue weighted by atomic mass is 16.5. The third kappa shape index (κ3) is 4.07. The summed E-state index contributed by atoms with van der Waals surface area (Å²) >= 11 is 0. The van der Waals surface area contributed by atoms with Crippen LogP contribution >= 0.6 is 0 Å². The topological polar surface area (TPSA) is 21.3 Å². The molecular formula is C10H21NO. The van der Waals surface area contributed by atoms with Crippen molar-refractivity contribution in [2.24, 2.45) is 5.92 Å². The van der Waals surface area contributed by atoms with Crippen LogP contribution in [0.3, 0.4) is 0 Å². The van der Waals surface area contributed by atoms with Crippen LogP contribution in [0.1, 0.15) is 33.1 Å². The molecule has 2 nitrogen and oxygen atoms in total. The molecule has 72 valence electrons. The minimum absolute atomic E-state index is 0.516. The summed E-state index contributed by atoms with van der Waals surface area (Å²) in [7, 11) is 0. The van der Waals surface area contributed by atoms with E-state index in [1.165, 1.54) is 25.8 Å². The quantitative estimate of drug-likeness (QED) is 0.699. The second kappa shape index (κ2) is 5.55. The summed E-state index contributed by atoms with van der Waals surface area (Å²) in [5.74, 6) is 0.668. The standard InChI is InChI=1S/C10H21NO/c1-9(2)8-12-10-4-3-6-11-7-5-10/h9-11H,3-8H2,1-2H3. The Labute approximate surface area is 75.7 Å². The molecule has 1 aliphatic heterocycles. The van der Waals surface area contributed by atoms with Crippen LogP contribution in [0.15, 0.2) is 0 Å². The van der Waals surface area contributed by atoms with Gasteiger partial charge in [0.15, 0.2) is 0 Å². The van der Waals surface area contributed by atoms with E-state index in [1.54, 1.807) is 0 Å². The lowest BCUT2D eigenvalue weighted by Crippen LogP contribution is -2.18. The number of rotatable bonds is 3. The van der Waals surface area contributed by atoms with Gasteiger partial charge in [-0.15, -0.1) is 0 Å². The molecule has 1 fully saturated rings. The minimum atomic E-state index is 0.516. The van der Waals surface area contributed by atoms with Crippen molar-refractivity contribution >= 4 is 0 Å². The number of hydrogen-bond donors (Lipinski definition) is 1. The summed E-state index contributed by atoms with van der Waals surface area (Å²) < 4.78 is 5.78. The average molecular weight is 171 g/mol. The lowest BCUT2D eigenvalue weighted by Gasteiger charge is -2.16. The molecule has 1 atom stereocenters. The Bertz CT molecular complexity index is 106. The summed E-state index contributed by atoms with van der Waals surface area (Å²) in [6.45, 7) is 7.62. The van der Waals surface area contributed by atoms with Gasteiger partial charge in [-0.3, -0.25) is 0 Å². The molecule has 1 aliphatic rings. The predicted molar refractivity (Wildman–Crippen MR) is 51.3 cm³/mol. The summed E-state index contributed by atoms with van der Waals surface area (Å²) in [6.07, 6.45) is 4.21. The zero-order valence-corrected chi connectivity index (χ0v) is 8.31. The van der Waals surface area contributed by atoms with Gasteiger partial charge in [-0.05, 0) is 38.3 Å². The van der Waals surface area contributed by atoms with E-state index < -0.39 is 0 Å². The van der Waals surface area contributed by atoms with E-state index in [1.807, 2.05) is 0 Å². The zero-order chi connectivity index (χ0) is 8.81. The van der Waals surface area contributed by atoms with Crippen molar-refractivity contribution in [3.05, 3.63) is 0 Å². The van der Waals surface area contributed by atoms with Gasteiger partial charge in [0.2, 0.25) is 0 Å². The van der Waals surface area contributed by atoms with E-state index in [2.05, 4.69) is 19.2 Å². The van der Waals surface area contributed by atoms with Gasteiger partial charge in [-0.2, -0.15) is 0 Å². The van der Waals surface area contributed by atoms with E-state index in [0.29, 0.717) is 12.0 Å². The van der Waals surface area contributed by atoms with Gasteiger partial charge in [0.25, 0.3) is 0 Å². The molecule has 1 saturated heterocycles. The van der Waals surface area contributed by atoms with Crippen LogP contribution in [0.2, 0.25) is 0 Å². The van der Waals surface area contributed by atoms with Crippen LogP contribution < -0.4 is 5.32 Å². The van der Waals surface area contributed by atoms with E-state index in [9.17, 15) is 0 Å². The predicted octanol–water partition coefficient (Wildman–Crippen LogP) is 1.80. The zero-order valence-electron chi connectivity index (χ0n) is 8.31. The van der Waals surface area contributed by atoms with Gasteiger partial charge in [0, 0.05) is 6.61 Å². The monoisotopic (exact) mass is 171 g/mol. The number of nitrogens with one attached hydrogen (secondary N) is 1. The summed E-state index contributed by atoms with van der Waals surface area (Å²) in [5.41, 5.74) is 0. The van der Waals surface area contributed by atoms with Crippen LogP contribution in [0.5, 0.6) is 0 Å². The summed E-state index contributed by atoms with van der Waals surface area (Å²) in [4.78, 5) is 0. The first kappa shape index (κ1) is 10.0. The maximum absolute atomic E-state index is 5.78. The Hall–Kier alpha value is -0.0800. The average Bonchev–Trinajstić information content (AvgIpc) is 2.28. The van der Waals surface area contributed by atoms with Crippen molar-refractivity contribution in [3.8, 4) is 0 Å². The smallest absolute Gasteiger partial charge is 0.0587 e. The first-order valence-corrected chi connectivity index (χ1v) is 5.11. The molecule has 0 saturated carbocycles. The fourth-order valence-corrected chi connectivity index (χ4v) is 1.48. The second-order valence-electron chi connectivity index (χ2n) is 4.03.